The third kappa shape index (κ3) is 3.93. The molecule has 2 fully saturated rings. The summed E-state index contributed by atoms with van der Waals surface area (Å²) in [6, 6.07) is 5.18. The molecule has 4 heterocycles. The van der Waals surface area contributed by atoms with Crippen molar-refractivity contribution in [1.29, 1.82) is 0 Å². The molecule has 2 aromatic heterocycles. The van der Waals surface area contributed by atoms with Crippen molar-refractivity contribution < 1.29 is 27.1 Å². The Balaban J connectivity index is 1.57. The first-order chi connectivity index (χ1) is 15.2. The third-order valence-electron chi connectivity index (χ3n) is 5.71. The fraction of sp³-hybridized carbons (Fsp3) is 0.381. The summed E-state index contributed by atoms with van der Waals surface area (Å²) in [5.41, 5.74) is 0.484. The van der Waals surface area contributed by atoms with Crippen LogP contribution < -0.4 is 0 Å². The van der Waals surface area contributed by atoms with Gasteiger partial charge in [0.05, 0.1) is 22.7 Å². The molecule has 2 atom stereocenters. The quantitative estimate of drug-likeness (QED) is 0.533. The van der Waals surface area contributed by atoms with Crippen LogP contribution >= 0.6 is 11.6 Å². The zero-order valence-corrected chi connectivity index (χ0v) is 17.3. The van der Waals surface area contributed by atoms with Crippen LogP contribution in [-0.4, -0.2) is 57.0 Å². The molecule has 0 N–H and O–H groups in total. The standard InChI is InChI=1S/C21H17ClF4N4O2/c22-15-4-1-11(5-16(15)23)19-14-7-27-17(6-18(14)30(28-19)10-21(24,25)26)20(31)29-8-12-2-3-13(9-29)32-12/h1,4-7,12-13H,2-3,8-10H2. The number of ether oxygens (including phenoxy) is 1. The van der Waals surface area contributed by atoms with Crippen LogP contribution in [0.4, 0.5) is 17.6 Å². The van der Waals surface area contributed by atoms with Crippen LogP contribution in [0.15, 0.2) is 30.5 Å². The number of halogens is 5. The van der Waals surface area contributed by atoms with Crippen LogP contribution in [0.25, 0.3) is 22.2 Å². The first kappa shape index (κ1) is 21.1. The van der Waals surface area contributed by atoms with Crippen molar-refractivity contribution in [1.82, 2.24) is 19.7 Å². The average molecular weight is 469 g/mol. The number of pyridine rings is 1. The summed E-state index contributed by atoms with van der Waals surface area (Å²) >= 11 is 5.72. The van der Waals surface area contributed by atoms with E-state index in [1.807, 2.05) is 0 Å². The molecule has 3 aromatic rings. The van der Waals surface area contributed by atoms with Crippen LogP contribution in [0.2, 0.25) is 5.02 Å². The molecule has 1 amide bonds. The minimum atomic E-state index is -4.54. The van der Waals surface area contributed by atoms with Gasteiger partial charge in [0, 0.05) is 30.2 Å². The molecule has 2 bridgehead atoms. The molecule has 5 rings (SSSR count). The van der Waals surface area contributed by atoms with Crippen molar-refractivity contribution in [2.45, 2.75) is 37.8 Å². The second-order valence-electron chi connectivity index (χ2n) is 8.00. The number of benzene rings is 1. The zero-order valence-electron chi connectivity index (χ0n) is 16.6. The van der Waals surface area contributed by atoms with E-state index < -0.39 is 18.5 Å². The first-order valence-electron chi connectivity index (χ1n) is 10.0. The summed E-state index contributed by atoms with van der Waals surface area (Å²) in [5, 5.41) is 4.22. The summed E-state index contributed by atoms with van der Waals surface area (Å²) in [6.45, 7) is -0.517. The van der Waals surface area contributed by atoms with Gasteiger partial charge in [-0.05, 0) is 31.0 Å². The molecular weight excluding hydrogens is 452 g/mol. The van der Waals surface area contributed by atoms with Gasteiger partial charge in [0.15, 0.2) is 0 Å². The SMILES string of the molecule is O=C(c1cc2c(cn1)c(-c1ccc(Cl)c(F)c1)nn2CC(F)(F)F)N1CC2CCC(C1)O2. The number of fused-ring (bicyclic) bond motifs is 3. The number of hydrogen-bond acceptors (Lipinski definition) is 4. The molecule has 2 unspecified atom stereocenters. The van der Waals surface area contributed by atoms with E-state index in [9.17, 15) is 22.4 Å². The van der Waals surface area contributed by atoms with Crippen LogP contribution in [0.5, 0.6) is 0 Å². The van der Waals surface area contributed by atoms with Crippen molar-refractivity contribution in [2.24, 2.45) is 0 Å². The Morgan fingerprint density at radius 1 is 1.19 bits per heavy atom. The van der Waals surface area contributed by atoms with Gasteiger partial charge in [0.2, 0.25) is 0 Å². The minimum Gasteiger partial charge on any atom is -0.371 e. The van der Waals surface area contributed by atoms with Crippen molar-refractivity contribution in [3.8, 4) is 11.3 Å². The molecule has 168 valence electrons. The first-order valence-corrected chi connectivity index (χ1v) is 10.4. The zero-order chi connectivity index (χ0) is 22.6. The molecule has 2 aliphatic rings. The topological polar surface area (TPSA) is 60.2 Å². The van der Waals surface area contributed by atoms with Crippen LogP contribution in [-0.2, 0) is 11.3 Å². The predicted octanol–water partition coefficient (Wildman–Crippen LogP) is 4.46. The molecular formula is C21H17ClF4N4O2. The van der Waals surface area contributed by atoms with Gasteiger partial charge in [0.25, 0.3) is 5.91 Å². The van der Waals surface area contributed by atoms with E-state index in [-0.39, 0.29) is 51.0 Å². The molecule has 0 radical (unpaired) electrons. The van der Waals surface area contributed by atoms with E-state index in [0.29, 0.717) is 13.1 Å². The summed E-state index contributed by atoms with van der Waals surface area (Å²) in [6.07, 6.45) is -1.54. The molecule has 0 saturated carbocycles. The largest absolute Gasteiger partial charge is 0.408 e. The van der Waals surface area contributed by atoms with Crippen molar-refractivity contribution in [2.75, 3.05) is 13.1 Å². The van der Waals surface area contributed by atoms with E-state index in [0.717, 1.165) is 23.6 Å². The molecule has 0 spiro atoms. The summed E-state index contributed by atoms with van der Waals surface area (Å²) < 4.78 is 60.1. The second-order valence-corrected chi connectivity index (χ2v) is 8.41. The van der Waals surface area contributed by atoms with Gasteiger partial charge in [-0.3, -0.25) is 14.5 Å². The molecule has 32 heavy (non-hydrogen) atoms. The Kier molecular flexibility index (Phi) is 5.09. The van der Waals surface area contributed by atoms with Gasteiger partial charge in [-0.25, -0.2) is 4.39 Å². The number of alkyl halides is 3. The van der Waals surface area contributed by atoms with Gasteiger partial charge >= 0.3 is 6.18 Å². The number of amides is 1. The summed E-state index contributed by atoms with van der Waals surface area (Å²) in [7, 11) is 0. The molecule has 0 aliphatic carbocycles. The number of hydrogen-bond donors (Lipinski definition) is 0. The average Bonchev–Trinajstić information content (AvgIpc) is 3.27. The van der Waals surface area contributed by atoms with Gasteiger partial charge in [0.1, 0.15) is 23.7 Å². The minimum absolute atomic E-state index is 0.0240. The van der Waals surface area contributed by atoms with Crippen molar-refractivity contribution >= 4 is 28.4 Å². The molecule has 2 saturated heterocycles. The molecule has 1 aromatic carbocycles. The van der Waals surface area contributed by atoms with E-state index >= 15 is 0 Å². The lowest BCUT2D eigenvalue weighted by Crippen LogP contribution is -2.46. The number of aromatic nitrogens is 3. The lowest BCUT2D eigenvalue weighted by Gasteiger charge is -2.31. The van der Waals surface area contributed by atoms with Gasteiger partial charge in [-0.1, -0.05) is 17.7 Å². The van der Waals surface area contributed by atoms with Crippen LogP contribution in [0.3, 0.4) is 0 Å². The van der Waals surface area contributed by atoms with E-state index in [4.69, 9.17) is 16.3 Å². The summed E-state index contributed by atoms with van der Waals surface area (Å²) in [4.78, 5) is 18.8. The smallest absolute Gasteiger partial charge is 0.371 e. The highest BCUT2D eigenvalue weighted by atomic mass is 35.5. The number of carbonyl (C=O) groups is 1. The lowest BCUT2D eigenvalue weighted by atomic mass is 10.1. The van der Waals surface area contributed by atoms with Crippen LogP contribution in [0, 0.1) is 5.82 Å². The highest BCUT2D eigenvalue weighted by Crippen LogP contribution is 2.32. The third-order valence-corrected chi connectivity index (χ3v) is 6.01. The molecule has 11 heteroatoms. The Morgan fingerprint density at radius 2 is 1.91 bits per heavy atom. The Hall–Kier alpha value is -2.72. The highest BCUT2D eigenvalue weighted by Gasteiger charge is 2.36. The Morgan fingerprint density at radius 3 is 2.56 bits per heavy atom. The highest BCUT2D eigenvalue weighted by molar-refractivity contribution is 6.30. The van der Waals surface area contributed by atoms with Gasteiger partial charge in [-0.15, -0.1) is 0 Å². The fourth-order valence-electron chi connectivity index (χ4n) is 4.28. The number of carbonyl (C=O) groups excluding carboxylic acids is 1. The van der Waals surface area contributed by atoms with E-state index in [2.05, 4.69) is 10.1 Å². The monoisotopic (exact) mass is 468 g/mol. The van der Waals surface area contributed by atoms with E-state index in [1.165, 1.54) is 24.4 Å². The number of rotatable bonds is 3. The van der Waals surface area contributed by atoms with Gasteiger partial charge in [-0.2, -0.15) is 18.3 Å². The van der Waals surface area contributed by atoms with Crippen molar-refractivity contribution in [3.63, 3.8) is 0 Å². The molecule has 2 aliphatic heterocycles. The van der Waals surface area contributed by atoms with Crippen molar-refractivity contribution in [3.05, 3.63) is 47.0 Å². The normalized spacial score (nSPS) is 20.8. The Bertz CT molecular complexity index is 1200. The van der Waals surface area contributed by atoms with Gasteiger partial charge < -0.3 is 9.64 Å². The molecule has 6 nitrogen and oxygen atoms in total. The maximum absolute atomic E-state index is 14.0. The Labute approximate surface area is 184 Å². The maximum Gasteiger partial charge on any atom is 0.408 e. The second kappa shape index (κ2) is 7.70. The summed E-state index contributed by atoms with van der Waals surface area (Å²) in [5.74, 6) is -1.09. The number of nitrogens with zero attached hydrogens (tertiary/aromatic N) is 4. The number of morpholine rings is 1. The van der Waals surface area contributed by atoms with Crippen LogP contribution in [0.1, 0.15) is 23.3 Å². The van der Waals surface area contributed by atoms with E-state index in [1.54, 1.807) is 4.90 Å². The lowest BCUT2D eigenvalue weighted by molar-refractivity contribution is -0.141. The fourth-order valence-corrected chi connectivity index (χ4v) is 4.39. The number of likely N-dealkylation sites (tertiary alicyclic amines) is 1. The predicted molar refractivity (Wildman–Crippen MR) is 108 cm³/mol. The maximum atomic E-state index is 14.0.